The van der Waals surface area contributed by atoms with Crippen LogP contribution in [0.2, 0.25) is 0 Å². The Hall–Kier alpha value is -1.77. The largest absolute Gasteiger partial charge is 0.332 e. The van der Waals surface area contributed by atoms with Crippen LogP contribution < -0.4 is 10.6 Å². The van der Waals surface area contributed by atoms with Gasteiger partial charge in [0.15, 0.2) is 10.3 Å². The van der Waals surface area contributed by atoms with Crippen molar-refractivity contribution in [2.45, 2.75) is 13.8 Å². The summed E-state index contributed by atoms with van der Waals surface area (Å²) in [6.45, 7) is 3.39. The van der Waals surface area contributed by atoms with E-state index < -0.39 is 0 Å². The lowest BCUT2D eigenvalue weighted by Gasteiger charge is -2.00. The van der Waals surface area contributed by atoms with Gasteiger partial charge in [-0.15, -0.1) is 28.3 Å². The molecular formula is C15H15BrN4OS2. The van der Waals surface area contributed by atoms with E-state index in [1.54, 1.807) is 11.3 Å². The lowest BCUT2D eigenvalue weighted by atomic mass is 10.3. The number of para-hydroxylation sites is 1. The summed E-state index contributed by atoms with van der Waals surface area (Å²) in [5.74, 6) is -0.120. The van der Waals surface area contributed by atoms with E-state index >= 15 is 0 Å². The van der Waals surface area contributed by atoms with Crippen molar-refractivity contribution in [3.8, 4) is 10.6 Å². The van der Waals surface area contributed by atoms with Crippen LogP contribution in [-0.4, -0.2) is 15.9 Å². The monoisotopic (exact) mass is 410 g/mol. The maximum atomic E-state index is 11.1. The number of nitrogens with one attached hydrogen (secondary N) is 2. The molecule has 0 aliphatic rings. The molecule has 23 heavy (non-hydrogen) atoms. The Morgan fingerprint density at radius 1 is 1.13 bits per heavy atom. The molecule has 0 radical (unpaired) electrons. The number of halogens is 1. The van der Waals surface area contributed by atoms with Crippen LogP contribution in [0.4, 0.5) is 16.0 Å². The van der Waals surface area contributed by atoms with Crippen LogP contribution in [0.3, 0.4) is 0 Å². The number of nitrogens with zero attached hydrogens (tertiary/aromatic N) is 2. The molecule has 120 valence electrons. The van der Waals surface area contributed by atoms with E-state index in [9.17, 15) is 4.79 Å². The average molecular weight is 411 g/mol. The summed E-state index contributed by atoms with van der Waals surface area (Å²) in [6, 6.07) is 9.91. The van der Waals surface area contributed by atoms with Gasteiger partial charge in [0, 0.05) is 18.0 Å². The predicted octanol–water partition coefficient (Wildman–Crippen LogP) is 4.85. The Balaban J connectivity index is 0.00000192. The van der Waals surface area contributed by atoms with Gasteiger partial charge < -0.3 is 10.6 Å². The minimum absolute atomic E-state index is 0. The Bertz CT molecular complexity index is 801. The van der Waals surface area contributed by atoms with Gasteiger partial charge in [-0.25, -0.2) is 9.97 Å². The third-order valence-electron chi connectivity index (χ3n) is 2.84. The molecule has 3 rings (SSSR count). The second kappa shape index (κ2) is 7.67. The molecule has 0 spiro atoms. The highest BCUT2D eigenvalue weighted by atomic mass is 79.9. The first-order valence-electron chi connectivity index (χ1n) is 6.65. The summed E-state index contributed by atoms with van der Waals surface area (Å²) >= 11 is 2.97. The normalized spacial score (nSPS) is 10.0. The van der Waals surface area contributed by atoms with E-state index in [1.165, 1.54) is 18.3 Å². The molecule has 0 aliphatic carbocycles. The Morgan fingerprint density at radius 2 is 1.87 bits per heavy atom. The summed E-state index contributed by atoms with van der Waals surface area (Å²) in [5, 5.41) is 9.41. The van der Waals surface area contributed by atoms with Crippen molar-refractivity contribution in [1.82, 2.24) is 9.97 Å². The van der Waals surface area contributed by atoms with Crippen LogP contribution in [0.15, 0.2) is 35.7 Å². The highest BCUT2D eigenvalue weighted by Gasteiger charge is 2.13. The van der Waals surface area contributed by atoms with Crippen molar-refractivity contribution in [1.29, 1.82) is 0 Å². The van der Waals surface area contributed by atoms with E-state index in [-0.39, 0.29) is 22.9 Å². The topological polar surface area (TPSA) is 66.9 Å². The fraction of sp³-hybridized carbons (Fsp3) is 0.133. The van der Waals surface area contributed by atoms with Crippen LogP contribution in [0.1, 0.15) is 12.6 Å². The maximum Gasteiger partial charge on any atom is 0.223 e. The van der Waals surface area contributed by atoms with Gasteiger partial charge in [-0.1, -0.05) is 29.5 Å². The molecule has 0 bridgehead atoms. The Labute approximate surface area is 152 Å². The number of hydrogen-bond donors (Lipinski definition) is 2. The minimum Gasteiger partial charge on any atom is -0.332 e. The second-order valence-corrected chi connectivity index (χ2v) is 6.50. The van der Waals surface area contributed by atoms with Crippen molar-refractivity contribution < 1.29 is 4.79 Å². The summed E-state index contributed by atoms with van der Waals surface area (Å²) in [7, 11) is 0. The standard InChI is InChI=1S/C15H14N4OS2.BrH/c1-9-13(22-15(16-9)17-10(2)20)12-8-21-14(19-12)18-11-6-4-3-5-7-11;/h3-8H,1-2H3,(H,18,19)(H,16,17,20);1H. The summed E-state index contributed by atoms with van der Waals surface area (Å²) < 4.78 is 0. The molecule has 0 aliphatic heterocycles. The SMILES string of the molecule is Br.CC(=O)Nc1nc(C)c(-c2csc(Nc3ccccc3)n2)s1. The summed E-state index contributed by atoms with van der Waals surface area (Å²) in [4.78, 5) is 21.0. The van der Waals surface area contributed by atoms with Crippen LogP contribution in [0.25, 0.3) is 10.6 Å². The molecule has 3 aromatic rings. The maximum absolute atomic E-state index is 11.1. The quantitative estimate of drug-likeness (QED) is 0.644. The zero-order valence-corrected chi connectivity index (χ0v) is 15.8. The molecule has 2 aromatic heterocycles. The number of hydrogen-bond acceptors (Lipinski definition) is 6. The summed E-state index contributed by atoms with van der Waals surface area (Å²) in [5.41, 5.74) is 2.74. The molecule has 5 nitrogen and oxygen atoms in total. The first-order chi connectivity index (χ1) is 10.6. The smallest absolute Gasteiger partial charge is 0.223 e. The molecule has 0 saturated heterocycles. The molecule has 0 atom stereocenters. The first-order valence-corrected chi connectivity index (χ1v) is 8.34. The van der Waals surface area contributed by atoms with Crippen molar-refractivity contribution in [2.75, 3.05) is 10.6 Å². The lowest BCUT2D eigenvalue weighted by molar-refractivity contribution is -0.114. The van der Waals surface area contributed by atoms with Crippen molar-refractivity contribution >= 4 is 61.5 Å². The number of aryl methyl sites for hydroxylation is 1. The third-order valence-corrected chi connectivity index (χ3v) is 4.69. The van der Waals surface area contributed by atoms with Gasteiger partial charge in [-0.2, -0.15) is 0 Å². The van der Waals surface area contributed by atoms with Gasteiger partial charge >= 0.3 is 0 Å². The van der Waals surface area contributed by atoms with Crippen molar-refractivity contribution in [3.63, 3.8) is 0 Å². The molecule has 2 heterocycles. The number of carbonyl (C=O) groups excluding carboxylic acids is 1. The number of amides is 1. The van der Waals surface area contributed by atoms with E-state index in [1.807, 2.05) is 42.6 Å². The highest BCUT2D eigenvalue weighted by molar-refractivity contribution is 8.93. The fourth-order valence-electron chi connectivity index (χ4n) is 1.92. The lowest BCUT2D eigenvalue weighted by Crippen LogP contribution is -2.04. The van der Waals surface area contributed by atoms with Gasteiger partial charge in [0.1, 0.15) is 0 Å². The van der Waals surface area contributed by atoms with Gasteiger partial charge in [-0.3, -0.25) is 4.79 Å². The van der Waals surface area contributed by atoms with Crippen LogP contribution >= 0.6 is 39.7 Å². The molecular weight excluding hydrogens is 396 g/mol. The van der Waals surface area contributed by atoms with Gasteiger partial charge in [-0.05, 0) is 19.1 Å². The molecule has 0 fully saturated rings. The minimum atomic E-state index is -0.120. The van der Waals surface area contributed by atoms with E-state index in [0.717, 1.165) is 27.1 Å². The average Bonchev–Trinajstić information content (AvgIpc) is 3.06. The summed E-state index contributed by atoms with van der Waals surface area (Å²) in [6.07, 6.45) is 0. The Morgan fingerprint density at radius 3 is 2.57 bits per heavy atom. The number of thiazole rings is 2. The van der Waals surface area contributed by atoms with E-state index in [4.69, 9.17) is 0 Å². The van der Waals surface area contributed by atoms with Crippen molar-refractivity contribution in [2.24, 2.45) is 0 Å². The number of carbonyl (C=O) groups is 1. The number of rotatable bonds is 4. The number of benzene rings is 1. The van der Waals surface area contributed by atoms with Crippen LogP contribution in [0, 0.1) is 6.92 Å². The van der Waals surface area contributed by atoms with E-state index in [2.05, 4.69) is 20.6 Å². The van der Waals surface area contributed by atoms with Gasteiger partial charge in [0.2, 0.25) is 5.91 Å². The highest BCUT2D eigenvalue weighted by Crippen LogP contribution is 2.35. The third kappa shape index (κ3) is 4.37. The van der Waals surface area contributed by atoms with Gasteiger partial charge in [0.25, 0.3) is 0 Å². The zero-order valence-electron chi connectivity index (χ0n) is 12.5. The molecule has 0 unspecified atom stereocenters. The molecule has 1 aromatic carbocycles. The number of anilines is 3. The van der Waals surface area contributed by atoms with Gasteiger partial charge in [0.05, 0.1) is 16.3 Å². The number of aromatic nitrogens is 2. The predicted molar refractivity (Wildman–Crippen MR) is 102 cm³/mol. The van der Waals surface area contributed by atoms with Crippen LogP contribution in [-0.2, 0) is 4.79 Å². The molecule has 1 amide bonds. The zero-order chi connectivity index (χ0) is 15.5. The molecule has 0 saturated carbocycles. The van der Waals surface area contributed by atoms with E-state index in [0.29, 0.717) is 5.13 Å². The Kier molecular flexibility index (Phi) is 5.86. The first kappa shape index (κ1) is 17.6. The fourth-order valence-corrected chi connectivity index (χ4v) is 3.69. The molecule has 8 heteroatoms. The molecule has 2 N–H and O–H groups in total. The van der Waals surface area contributed by atoms with Crippen molar-refractivity contribution in [3.05, 3.63) is 41.4 Å². The second-order valence-electron chi connectivity index (χ2n) is 4.64. The van der Waals surface area contributed by atoms with Crippen LogP contribution in [0.5, 0.6) is 0 Å².